The van der Waals surface area contributed by atoms with Crippen molar-refractivity contribution in [3.63, 3.8) is 0 Å². The quantitative estimate of drug-likeness (QED) is 0.839. The Hall–Kier alpha value is -1.84. The van der Waals surface area contributed by atoms with E-state index in [4.69, 9.17) is 0 Å². The summed E-state index contributed by atoms with van der Waals surface area (Å²) in [6.45, 7) is 4.53. The van der Waals surface area contributed by atoms with E-state index in [0.717, 1.165) is 24.8 Å². The standard InChI is InChI=1S/C17H24N2O2/c1-12-7-9-14(10-8-12)11-18-16(20)17(21)19-15-6-4-3-5-13(15)2/h7-10,13,15H,3-6,11H2,1-2H3,(H,18,20)(H,19,21)/t13-,15-/m1/s1. The molecule has 1 saturated carbocycles. The molecular weight excluding hydrogens is 264 g/mol. The van der Waals surface area contributed by atoms with Crippen LogP contribution in [-0.4, -0.2) is 17.9 Å². The van der Waals surface area contributed by atoms with E-state index < -0.39 is 11.8 Å². The normalized spacial score (nSPS) is 21.6. The number of carbonyl (C=O) groups is 2. The van der Waals surface area contributed by atoms with Crippen LogP contribution in [0.25, 0.3) is 0 Å². The van der Waals surface area contributed by atoms with Crippen LogP contribution in [0.2, 0.25) is 0 Å². The summed E-state index contributed by atoms with van der Waals surface area (Å²) in [4.78, 5) is 23.7. The van der Waals surface area contributed by atoms with E-state index in [2.05, 4.69) is 17.6 Å². The molecule has 114 valence electrons. The zero-order chi connectivity index (χ0) is 15.2. The van der Waals surface area contributed by atoms with Crippen LogP contribution in [0, 0.1) is 12.8 Å². The fourth-order valence-electron chi connectivity index (χ4n) is 2.73. The predicted octanol–water partition coefficient (Wildman–Crippen LogP) is 2.31. The first-order chi connectivity index (χ1) is 10.1. The lowest BCUT2D eigenvalue weighted by molar-refractivity contribution is -0.140. The zero-order valence-electron chi connectivity index (χ0n) is 12.8. The molecule has 0 heterocycles. The Bertz CT molecular complexity index is 496. The third-order valence-corrected chi connectivity index (χ3v) is 4.21. The fourth-order valence-corrected chi connectivity index (χ4v) is 2.73. The molecule has 1 aromatic rings. The van der Waals surface area contributed by atoms with Gasteiger partial charge < -0.3 is 10.6 Å². The van der Waals surface area contributed by atoms with Gasteiger partial charge in [0.1, 0.15) is 0 Å². The van der Waals surface area contributed by atoms with Gasteiger partial charge in [-0.15, -0.1) is 0 Å². The lowest BCUT2D eigenvalue weighted by Gasteiger charge is -2.29. The maximum Gasteiger partial charge on any atom is 0.309 e. The molecule has 0 saturated heterocycles. The van der Waals surface area contributed by atoms with E-state index in [9.17, 15) is 9.59 Å². The fraction of sp³-hybridized carbons (Fsp3) is 0.529. The van der Waals surface area contributed by atoms with Crippen molar-refractivity contribution in [2.24, 2.45) is 5.92 Å². The molecule has 1 fully saturated rings. The predicted molar refractivity (Wildman–Crippen MR) is 82.6 cm³/mol. The number of rotatable bonds is 3. The summed E-state index contributed by atoms with van der Waals surface area (Å²) in [7, 11) is 0. The first-order valence-electron chi connectivity index (χ1n) is 7.70. The monoisotopic (exact) mass is 288 g/mol. The van der Waals surface area contributed by atoms with Crippen LogP contribution >= 0.6 is 0 Å². The van der Waals surface area contributed by atoms with Gasteiger partial charge in [-0.1, -0.05) is 49.6 Å². The molecule has 2 N–H and O–H groups in total. The Morgan fingerprint density at radius 1 is 1.10 bits per heavy atom. The summed E-state index contributed by atoms with van der Waals surface area (Å²) < 4.78 is 0. The SMILES string of the molecule is Cc1ccc(CNC(=O)C(=O)N[C@@H]2CCCC[C@H]2C)cc1. The van der Waals surface area contributed by atoms with Gasteiger partial charge in [-0.2, -0.15) is 0 Å². The van der Waals surface area contributed by atoms with Gasteiger partial charge in [0.25, 0.3) is 0 Å². The molecule has 0 bridgehead atoms. The third kappa shape index (κ3) is 4.59. The van der Waals surface area contributed by atoms with Gasteiger partial charge in [0.2, 0.25) is 0 Å². The Morgan fingerprint density at radius 3 is 2.43 bits per heavy atom. The van der Waals surface area contributed by atoms with Crippen LogP contribution in [0.1, 0.15) is 43.7 Å². The molecule has 1 aliphatic rings. The van der Waals surface area contributed by atoms with Gasteiger partial charge >= 0.3 is 11.8 Å². The minimum absolute atomic E-state index is 0.136. The smallest absolute Gasteiger partial charge is 0.309 e. The van der Waals surface area contributed by atoms with Crippen LogP contribution < -0.4 is 10.6 Å². The molecule has 2 atom stereocenters. The minimum Gasteiger partial charge on any atom is -0.345 e. The molecule has 1 aromatic carbocycles. The van der Waals surface area contributed by atoms with Crippen molar-refractivity contribution in [1.29, 1.82) is 0 Å². The first kappa shape index (κ1) is 15.5. The van der Waals surface area contributed by atoms with E-state index in [1.54, 1.807) is 0 Å². The summed E-state index contributed by atoms with van der Waals surface area (Å²) in [5.74, 6) is -0.609. The number of hydrogen-bond acceptors (Lipinski definition) is 2. The van der Waals surface area contributed by atoms with Crippen LogP contribution in [-0.2, 0) is 16.1 Å². The average molecular weight is 288 g/mol. The van der Waals surface area contributed by atoms with Crippen molar-refractivity contribution in [3.8, 4) is 0 Å². The van der Waals surface area contributed by atoms with E-state index >= 15 is 0 Å². The van der Waals surface area contributed by atoms with Gasteiger partial charge in [-0.25, -0.2) is 0 Å². The Kier molecular flexibility index (Phi) is 5.37. The van der Waals surface area contributed by atoms with E-state index in [-0.39, 0.29) is 6.04 Å². The van der Waals surface area contributed by atoms with E-state index in [0.29, 0.717) is 12.5 Å². The molecule has 4 nitrogen and oxygen atoms in total. The lowest BCUT2D eigenvalue weighted by atomic mass is 9.86. The van der Waals surface area contributed by atoms with Crippen LogP contribution in [0.3, 0.4) is 0 Å². The summed E-state index contributed by atoms with van der Waals surface area (Å²) in [5, 5.41) is 5.53. The highest BCUT2D eigenvalue weighted by Gasteiger charge is 2.25. The second kappa shape index (κ2) is 7.25. The summed E-state index contributed by atoms with van der Waals surface area (Å²) >= 11 is 0. The number of aryl methyl sites for hydroxylation is 1. The van der Waals surface area contributed by atoms with Gasteiger partial charge in [-0.3, -0.25) is 9.59 Å². The van der Waals surface area contributed by atoms with Crippen LogP contribution in [0.15, 0.2) is 24.3 Å². The second-order valence-electron chi connectivity index (χ2n) is 6.01. The van der Waals surface area contributed by atoms with Crippen molar-refractivity contribution in [1.82, 2.24) is 10.6 Å². The molecule has 4 heteroatoms. The molecule has 2 rings (SSSR count). The first-order valence-corrected chi connectivity index (χ1v) is 7.70. The molecular formula is C17H24N2O2. The Balaban J connectivity index is 1.79. The van der Waals surface area contributed by atoms with Crippen molar-refractivity contribution < 1.29 is 9.59 Å². The average Bonchev–Trinajstić information content (AvgIpc) is 2.48. The summed E-state index contributed by atoms with van der Waals surface area (Å²) in [5.41, 5.74) is 2.17. The molecule has 0 unspecified atom stereocenters. The molecule has 0 aromatic heterocycles. The largest absolute Gasteiger partial charge is 0.345 e. The highest BCUT2D eigenvalue weighted by molar-refractivity contribution is 6.35. The molecule has 0 aliphatic heterocycles. The molecule has 0 spiro atoms. The van der Waals surface area contributed by atoms with Crippen molar-refractivity contribution >= 4 is 11.8 Å². The number of benzene rings is 1. The van der Waals surface area contributed by atoms with Crippen molar-refractivity contribution in [2.45, 2.75) is 52.1 Å². The molecule has 0 radical (unpaired) electrons. The zero-order valence-corrected chi connectivity index (χ0v) is 12.8. The Labute approximate surface area is 126 Å². The van der Waals surface area contributed by atoms with Gasteiger partial charge in [0, 0.05) is 12.6 Å². The number of carbonyl (C=O) groups excluding carboxylic acids is 2. The lowest BCUT2D eigenvalue weighted by Crippen LogP contribution is -2.47. The molecule has 1 aliphatic carbocycles. The maximum absolute atomic E-state index is 11.9. The van der Waals surface area contributed by atoms with E-state index in [1.807, 2.05) is 31.2 Å². The van der Waals surface area contributed by atoms with Gasteiger partial charge in [0.15, 0.2) is 0 Å². The van der Waals surface area contributed by atoms with Crippen LogP contribution in [0.5, 0.6) is 0 Å². The highest BCUT2D eigenvalue weighted by Crippen LogP contribution is 2.23. The minimum atomic E-state index is -0.548. The number of hydrogen-bond donors (Lipinski definition) is 2. The number of nitrogens with one attached hydrogen (secondary N) is 2. The summed E-state index contributed by atoms with van der Waals surface area (Å²) in [6.07, 6.45) is 4.43. The third-order valence-electron chi connectivity index (χ3n) is 4.21. The van der Waals surface area contributed by atoms with E-state index in [1.165, 1.54) is 12.0 Å². The van der Waals surface area contributed by atoms with Gasteiger partial charge in [-0.05, 0) is 31.2 Å². The second-order valence-corrected chi connectivity index (χ2v) is 6.01. The topological polar surface area (TPSA) is 58.2 Å². The van der Waals surface area contributed by atoms with Gasteiger partial charge in [0.05, 0.1) is 0 Å². The number of amides is 2. The molecule has 21 heavy (non-hydrogen) atoms. The summed E-state index contributed by atoms with van der Waals surface area (Å²) in [6, 6.07) is 8.03. The van der Waals surface area contributed by atoms with Crippen molar-refractivity contribution in [2.75, 3.05) is 0 Å². The Morgan fingerprint density at radius 2 is 1.76 bits per heavy atom. The van der Waals surface area contributed by atoms with Crippen molar-refractivity contribution in [3.05, 3.63) is 35.4 Å². The maximum atomic E-state index is 11.9. The van der Waals surface area contributed by atoms with Crippen LogP contribution in [0.4, 0.5) is 0 Å². The molecule has 2 amide bonds. The highest BCUT2D eigenvalue weighted by atomic mass is 16.2.